The molecule has 0 aliphatic rings. The molecule has 17 heavy (non-hydrogen) atoms. The zero-order valence-corrected chi connectivity index (χ0v) is 10.1. The Morgan fingerprint density at radius 1 is 0.941 bits per heavy atom. The van der Waals surface area contributed by atoms with E-state index in [2.05, 4.69) is 33.9 Å². The first kappa shape index (κ1) is 11.7. The van der Waals surface area contributed by atoms with Crippen LogP contribution in [0.5, 0.6) is 0 Å². The van der Waals surface area contributed by atoms with Gasteiger partial charge in [-0.25, -0.2) is 0 Å². The highest BCUT2D eigenvalue weighted by atomic mass is 15.1. The van der Waals surface area contributed by atoms with Crippen LogP contribution < -0.4 is 0 Å². The van der Waals surface area contributed by atoms with E-state index in [0.29, 0.717) is 0 Å². The zero-order valence-electron chi connectivity index (χ0n) is 10.1. The van der Waals surface area contributed by atoms with Crippen molar-refractivity contribution in [2.75, 3.05) is 6.54 Å². The van der Waals surface area contributed by atoms with Gasteiger partial charge in [0.1, 0.15) is 0 Å². The molecule has 0 fully saturated rings. The van der Waals surface area contributed by atoms with Gasteiger partial charge >= 0.3 is 0 Å². The predicted octanol–water partition coefficient (Wildman–Crippen LogP) is 2.50. The van der Waals surface area contributed by atoms with Gasteiger partial charge in [-0.3, -0.25) is 14.9 Å². The monoisotopic (exact) mass is 227 g/mol. The van der Waals surface area contributed by atoms with Gasteiger partial charge in [0.05, 0.1) is 0 Å². The van der Waals surface area contributed by atoms with Crippen LogP contribution in [0.4, 0.5) is 0 Å². The Labute approximate surface area is 102 Å². The summed E-state index contributed by atoms with van der Waals surface area (Å²) in [5.74, 6) is 0. The van der Waals surface area contributed by atoms with Gasteiger partial charge in [-0.1, -0.05) is 19.1 Å². The largest absolute Gasteiger partial charge is 0.295 e. The van der Waals surface area contributed by atoms with E-state index in [0.717, 1.165) is 19.6 Å². The van der Waals surface area contributed by atoms with Gasteiger partial charge in [0.2, 0.25) is 0 Å². The molecule has 0 aromatic carbocycles. The summed E-state index contributed by atoms with van der Waals surface area (Å²) >= 11 is 0. The molecule has 0 saturated carbocycles. The summed E-state index contributed by atoms with van der Waals surface area (Å²) < 4.78 is 0. The van der Waals surface area contributed by atoms with Crippen LogP contribution in [-0.4, -0.2) is 21.4 Å². The van der Waals surface area contributed by atoms with E-state index in [9.17, 15) is 0 Å². The van der Waals surface area contributed by atoms with Crippen molar-refractivity contribution in [2.45, 2.75) is 20.0 Å². The molecule has 2 heterocycles. The van der Waals surface area contributed by atoms with E-state index in [4.69, 9.17) is 0 Å². The molecule has 0 unspecified atom stereocenters. The van der Waals surface area contributed by atoms with Crippen LogP contribution >= 0.6 is 0 Å². The first-order chi connectivity index (χ1) is 8.38. The van der Waals surface area contributed by atoms with Gasteiger partial charge in [-0.2, -0.15) is 0 Å². The van der Waals surface area contributed by atoms with Crippen molar-refractivity contribution >= 4 is 0 Å². The van der Waals surface area contributed by atoms with Gasteiger partial charge in [0.15, 0.2) is 0 Å². The van der Waals surface area contributed by atoms with Crippen molar-refractivity contribution in [3.8, 4) is 0 Å². The lowest BCUT2D eigenvalue weighted by Crippen LogP contribution is -2.22. The van der Waals surface area contributed by atoms with Gasteiger partial charge in [0.25, 0.3) is 0 Å². The van der Waals surface area contributed by atoms with E-state index in [1.165, 1.54) is 11.1 Å². The fourth-order valence-electron chi connectivity index (χ4n) is 1.78. The smallest absolute Gasteiger partial charge is 0.0312 e. The number of rotatable bonds is 5. The second kappa shape index (κ2) is 6.11. The van der Waals surface area contributed by atoms with Crippen molar-refractivity contribution in [1.82, 2.24) is 14.9 Å². The van der Waals surface area contributed by atoms with Gasteiger partial charge in [0, 0.05) is 37.9 Å². The first-order valence-electron chi connectivity index (χ1n) is 5.88. The molecule has 2 aromatic heterocycles. The predicted molar refractivity (Wildman–Crippen MR) is 68.3 cm³/mol. The fraction of sp³-hybridized carbons (Fsp3) is 0.286. The third-order valence-electron chi connectivity index (χ3n) is 2.71. The van der Waals surface area contributed by atoms with Crippen LogP contribution in [0.25, 0.3) is 0 Å². The maximum absolute atomic E-state index is 4.14. The minimum atomic E-state index is 0.930. The normalized spacial score (nSPS) is 10.7. The Hall–Kier alpha value is -1.74. The Morgan fingerprint density at radius 2 is 1.47 bits per heavy atom. The van der Waals surface area contributed by atoms with E-state index in [1.54, 1.807) is 12.4 Å². The van der Waals surface area contributed by atoms with E-state index >= 15 is 0 Å². The third kappa shape index (κ3) is 3.64. The lowest BCUT2D eigenvalue weighted by molar-refractivity contribution is 0.271. The van der Waals surface area contributed by atoms with Crippen molar-refractivity contribution in [2.24, 2.45) is 0 Å². The number of pyridine rings is 2. The SMILES string of the molecule is CCN(Cc1cccnc1)Cc1cccnc1. The number of hydrogen-bond donors (Lipinski definition) is 0. The Kier molecular flexibility index (Phi) is 4.22. The molecule has 0 aliphatic carbocycles. The molecule has 0 spiro atoms. The highest BCUT2D eigenvalue weighted by Crippen LogP contribution is 2.07. The highest BCUT2D eigenvalue weighted by Gasteiger charge is 2.04. The average Bonchev–Trinajstić information content (AvgIpc) is 2.40. The van der Waals surface area contributed by atoms with Gasteiger partial charge < -0.3 is 0 Å². The molecule has 88 valence electrons. The van der Waals surface area contributed by atoms with Crippen molar-refractivity contribution in [3.05, 3.63) is 60.2 Å². The summed E-state index contributed by atoms with van der Waals surface area (Å²) in [5.41, 5.74) is 2.50. The minimum Gasteiger partial charge on any atom is -0.295 e. The molecule has 3 nitrogen and oxygen atoms in total. The van der Waals surface area contributed by atoms with Crippen LogP contribution in [0.15, 0.2) is 49.1 Å². The van der Waals surface area contributed by atoms with Crippen LogP contribution in [0.3, 0.4) is 0 Å². The van der Waals surface area contributed by atoms with Crippen LogP contribution in [0.2, 0.25) is 0 Å². The second-order valence-corrected chi connectivity index (χ2v) is 4.03. The fourth-order valence-corrected chi connectivity index (χ4v) is 1.78. The molecule has 0 aliphatic heterocycles. The number of aromatic nitrogens is 2. The lowest BCUT2D eigenvalue weighted by atomic mass is 10.2. The minimum absolute atomic E-state index is 0.930. The standard InChI is InChI=1S/C14H17N3/c1-2-17(11-13-5-3-7-15-9-13)12-14-6-4-8-16-10-14/h3-10H,2,11-12H2,1H3. The summed E-state index contributed by atoms with van der Waals surface area (Å²) in [6.07, 6.45) is 7.46. The van der Waals surface area contributed by atoms with Gasteiger partial charge in [-0.05, 0) is 29.8 Å². The Balaban J connectivity index is 1.98. The maximum atomic E-state index is 4.14. The molecule has 0 atom stereocenters. The van der Waals surface area contributed by atoms with E-state index in [-0.39, 0.29) is 0 Å². The van der Waals surface area contributed by atoms with E-state index in [1.807, 2.05) is 24.5 Å². The van der Waals surface area contributed by atoms with Crippen molar-refractivity contribution in [3.63, 3.8) is 0 Å². The molecular formula is C14H17N3. The summed E-state index contributed by atoms with van der Waals surface area (Å²) in [7, 11) is 0. The van der Waals surface area contributed by atoms with Crippen LogP contribution in [0, 0.1) is 0 Å². The molecule has 0 bridgehead atoms. The molecular weight excluding hydrogens is 210 g/mol. The maximum Gasteiger partial charge on any atom is 0.0312 e. The van der Waals surface area contributed by atoms with Crippen molar-refractivity contribution < 1.29 is 0 Å². The molecule has 0 saturated heterocycles. The van der Waals surface area contributed by atoms with Crippen LogP contribution in [-0.2, 0) is 13.1 Å². The molecule has 3 heteroatoms. The Bertz CT molecular complexity index is 386. The summed E-state index contributed by atoms with van der Waals surface area (Å²) in [6, 6.07) is 8.18. The molecule has 0 amide bonds. The summed E-state index contributed by atoms with van der Waals surface area (Å²) in [6.45, 7) is 5.05. The Morgan fingerprint density at radius 3 is 1.82 bits per heavy atom. The molecule has 0 N–H and O–H groups in total. The number of hydrogen-bond acceptors (Lipinski definition) is 3. The number of nitrogens with zero attached hydrogens (tertiary/aromatic N) is 3. The first-order valence-corrected chi connectivity index (χ1v) is 5.88. The van der Waals surface area contributed by atoms with Crippen LogP contribution in [0.1, 0.15) is 18.1 Å². The molecule has 0 radical (unpaired) electrons. The molecule has 2 aromatic rings. The molecule has 2 rings (SSSR count). The van der Waals surface area contributed by atoms with Gasteiger partial charge in [-0.15, -0.1) is 0 Å². The third-order valence-corrected chi connectivity index (χ3v) is 2.71. The quantitative estimate of drug-likeness (QED) is 0.786. The van der Waals surface area contributed by atoms with Crippen molar-refractivity contribution in [1.29, 1.82) is 0 Å². The highest BCUT2D eigenvalue weighted by molar-refractivity contribution is 5.11. The lowest BCUT2D eigenvalue weighted by Gasteiger charge is -2.20. The summed E-state index contributed by atoms with van der Waals surface area (Å²) in [5, 5.41) is 0. The zero-order chi connectivity index (χ0) is 11.9. The topological polar surface area (TPSA) is 29.0 Å². The van der Waals surface area contributed by atoms with E-state index < -0.39 is 0 Å². The summed E-state index contributed by atoms with van der Waals surface area (Å²) in [4.78, 5) is 10.6. The average molecular weight is 227 g/mol. The second-order valence-electron chi connectivity index (χ2n) is 4.03.